The van der Waals surface area contributed by atoms with Crippen molar-refractivity contribution in [3.63, 3.8) is 0 Å². The molecule has 1 aromatic heterocycles. The first-order chi connectivity index (χ1) is 9.11. The molecule has 2 rings (SSSR count). The molecule has 0 bridgehead atoms. The van der Waals surface area contributed by atoms with Crippen molar-refractivity contribution in [2.24, 2.45) is 0 Å². The average molecular weight is 369 g/mol. The Hall–Kier alpha value is -0.880. The number of aromatic nitrogens is 2. The van der Waals surface area contributed by atoms with Gasteiger partial charge in [0.2, 0.25) is 0 Å². The second-order valence-electron chi connectivity index (χ2n) is 4.95. The van der Waals surface area contributed by atoms with Crippen molar-refractivity contribution >= 4 is 22.6 Å². The van der Waals surface area contributed by atoms with E-state index in [1.165, 1.54) is 9.13 Å². The molecule has 2 aromatic rings. The van der Waals surface area contributed by atoms with Gasteiger partial charge >= 0.3 is 0 Å². The minimum atomic E-state index is 0.309. The number of nitrogens with zero attached hydrogens (tertiary/aromatic N) is 2. The number of likely N-dealkylation sites (N-methyl/N-ethyl adjacent to an activating group) is 1. The average Bonchev–Trinajstić information content (AvgIpc) is 2.86. The van der Waals surface area contributed by atoms with E-state index in [0.717, 1.165) is 12.1 Å². The maximum Gasteiger partial charge on any atom is 0.0643 e. The molecule has 1 N–H and O–H groups in total. The van der Waals surface area contributed by atoms with Crippen LogP contribution in [0.15, 0.2) is 36.5 Å². The fourth-order valence-corrected chi connectivity index (χ4v) is 2.87. The number of rotatable bonds is 5. The van der Waals surface area contributed by atoms with Crippen molar-refractivity contribution in [3.8, 4) is 0 Å². The summed E-state index contributed by atoms with van der Waals surface area (Å²) in [7, 11) is 2.01. The van der Waals surface area contributed by atoms with Gasteiger partial charge in [-0.3, -0.25) is 4.68 Å². The minimum absolute atomic E-state index is 0.309. The molecule has 0 fully saturated rings. The van der Waals surface area contributed by atoms with Crippen LogP contribution in [0.5, 0.6) is 0 Å². The summed E-state index contributed by atoms with van der Waals surface area (Å²) < 4.78 is 3.31. The first-order valence-corrected chi connectivity index (χ1v) is 7.65. The van der Waals surface area contributed by atoms with Crippen molar-refractivity contribution in [3.05, 3.63) is 51.4 Å². The fraction of sp³-hybridized carbons (Fsp3) is 0.400. The highest BCUT2D eigenvalue weighted by molar-refractivity contribution is 14.1. The zero-order chi connectivity index (χ0) is 13.8. The molecule has 0 saturated heterocycles. The second kappa shape index (κ2) is 6.52. The fourth-order valence-electron chi connectivity index (χ4n) is 2.11. The Morgan fingerprint density at radius 3 is 2.58 bits per heavy atom. The van der Waals surface area contributed by atoms with E-state index in [1.54, 1.807) is 0 Å². The van der Waals surface area contributed by atoms with Crippen molar-refractivity contribution < 1.29 is 0 Å². The van der Waals surface area contributed by atoms with Crippen LogP contribution in [-0.4, -0.2) is 16.8 Å². The van der Waals surface area contributed by atoms with Gasteiger partial charge in [0.15, 0.2) is 0 Å². The molecule has 0 radical (unpaired) electrons. The highest BCUT2D eigenvalue weighted by Crippen LogP contribution is 2.22. The van der Waals surface area contributed by atoms with Crippen LogP contribution in [0, 0.1) is 3.57 Å². The zero-order valence-electron chi connectivity index (χ0n) is 11.6. The molecule has 3 nitrogen and oxygen atoms in total. The van der Waals surface area contributed by atoms with E-state index in [9.17, 15) is 0 Å². The van der Waals surface area contributed by atoms with Gasteiger partial charge in [0.25, 0.3) is 0 Å². The predicted octanol–water partition coefficient (Wildman–Crippen LogP) is 3.57. The number of nitrogens with one attached hydrogen (secondary N) is 1. The van der Waals surface area contributed by atoms with Crippen LogP contribution in [0.25, 0.3) is 0 Å². The molecule has 1 aromatic carbocycles. The first kappa shape index (κ1) is 14.5. The number of benzene rings is 1. The van der Waals surface area contributed by atoms with Crippen molar-refractivity contribution in [1.29, 1.82) is 0 Å². The third-order valence-electron chi connectivity index (χ3n) is 3.24. The van der Waals surface area contributed by atoms with Gasteiger partial charge in [0, 0.05) is 28.3 Å². The summed E-state index contributed by atoms with van der Waals surface area (Å²) in [5, 5.41) is 8.02. The molecular weight excluding hydrogens is 349 g/mol. The summed E-state index contributed by atoms with van der Waals surface area (Å²) >= 11 is 2.39. The molecule has 0 spiro atoms. The van der Waals surface area contributed by atoms with Crippen LogP contribution in [0.2, 0.25) is 0 Å². The molecule has 4 heteroatoms. The maximum atomic E-state index is 4.63. The van der Waals surface area contributed by atoms with E-state index in [0.29, 0.717) is 12.1 Å². The van der Waals surface area contributed by atoms with E-state index in [2.05, 4.69) is 83.4 Å². The summed E-state index contributed by atoms with van der Waals surface area (Å²) in [5.41, 5.74) is 2.47. The van der Waals surface area contributed by atoms with Crippen LogP contribution in [-0.2, 0) is 6.42 Å². The predicted molar refractivity (Wildman–Crippen MR) is 87.3 cm³/mol. The molecule has 0 aliphatic rings. The quantitative estimate of drug-likeness (QED) is 0.817. The lowest BCUT2D eigenvalue weighted by Crippen LogP contribution is -2.20. The Kier molecular flexibility index (Phi) is 4.99. The monoisotopic (exact) mass is 369 g/mol. The van der Waals surface area contributed by atoms with Gasteiger partial charge in [0.1, 0.15) is 0 Å². The Balaban J connectivity index is 2.17. The summed E-state index contributed by atoms with van der Waals surface area (Å²) in [4.78, 5) is 0. The van der Waals surface area contributed by atoms with Gasteiger partial charge in [0.05, 0.1) is 5.69 Å². The molecule has 19 heavy (non-hydrogen) atoms. The second-order valence-corrected chi connectivity index (χ2v) is 6.11. The Morgan fingerprint density at radius 2 is 2.00 bits per heavy atom. The van der Waals surface area contributed by atoms with Crippen molar-refractivity contribution in [1.82, 2.24) is 15.1 Å². The molecule has 102 valence electrons. The largest absolute Gasteiger partial charge is 0.313 e. The van der Waals surface area contributed by atoms with E-state index >= 15 is 0 Å². The van der Waals surface area contributed by atoms with E-state index in [1.807, 2.05) is 11.7 Å². The van der Waals surface area contributed by atoms with Crippen molar-refractivity contribution in [2.45, 2.75) is 32.4 Å². The highest BCUT2D eigenvalue weighted by Gasteiger charge is 2.14. The summed E-state index contributed by atoms with van der Waals surface area (Å²) in [6, 6.07) is 11.3. The van der Waals surface area contributed by atoms with Crippen molar-refractivity contribution in [2.75, 3.05) is 7.05 Å². The number of halogens is 1. The molecule has 0 saturated carbocycles. The SMILES string of the molecule is CNC(Cc1ccn(C(C)C)n1)c1ccccc1I. The van der Waals surface area contributed by atoms with Gasteiger partial charge in [-0.2, -0.15) is 5.10 Å². The van der Waals surface area contributed by atoms with Crippen LogP contribution < -0.4 is 5.32 Å². The summed E-state index contributed by atoms with van der Waals surface area (Å²) in [5.74, 6) is 0. The van der Waals surface area contributed by atoms with Gasteiger partial charge in [-0.05, 0) is 61.2 Å². The van der Waals surface area contributed by atoms with Crippen LogP contribution in [0.3, 0.4) is 0 Å². The zero-order valence-corrected chi connectivity index (χ0v) is 13.8. The molecule has 0 aliphatic heterocycles. The first-order valence-electron chi connectivity index (χ1n) is 6.57. The van der Waals surface area contributed by atoms with Gasteiger partial charge < -0.3 is 5.32 Å². The molecule has 0 amide bonds. The third-order valence-corrected chi connectivity index (χ3v) is 4.22. The lowest BCUT2D eigenvalue weighted by Gasteiger charge is -2.17. The Labute approximate surface area is 128 Å². The van der Waals surface area contributed by atoms with E-state index < -0.39 is 0 Å². The van der Waals surface area contributed by atoms with Crippen LogP contribution in [0.4, 0.5) is 0 Å². The highest BCUT2D eigenvalue weighted by atomic mass is 127. The molecule has 1 heterocycles. The van der Waals surface area contributed by atoms with Gasteiger partial charge in [-0.25, -0.2) is 0 Å². The number of hydrogen-bond acceptors (Lipinski definition) is 2. The molecule has 1 unspecified atom stereocenters. The van der Waals surface area contributed by atoms with Gasteiger partial charge in [-0.1, -0.05) is 18.2 Å². The normalized spacial score (nSPS) is 12.9. The Bertz CT molecular complexity index is 534. The molecular formula is C15H20IN3. The maximum absolute atomic E-state index is 4.63. The lowest BCUT2D eigenvalue weighted by atomic mass is 10.0. The lowest BCUT2D eigenvalue weighted by molar-refractivity contribution is 0.514. The van der Waals surface area contributed by atoms with Gasteiger partial charge in [-0.15, -0.1) is 0 Å². The van der Waals surface area contributed by atoms with E-state index in [4.69, 9.17) is 0 Å². The van der Waals surface area contributed by atoms with Crippen LogP contribution >= 0.6 is 22.6 Å². The van der Waals surface area contributed by atoms with E-state index in [-0.39, 0.29) is 0 Å². The standard InChI is InChI=1S/C15H20IN3/c1-11(2)19-9-8-12(18-19)10-15(17-3)13-6-4-5-7-14(13)16/h4-9,11,15,17H,10H2,1-3H3. The van der Waals surface area contributed by atoms with Crippen LogP contribution in [0.1, 0.15) is 37.2 Å². The summed E-state index contributed by atoms with van der Waals surface area (Å²) in [6.45, 7) is 4.29. The minimum Gasteiger partial charge on any atom is -0.313 e. The summed E-state index contributed by atoms with van der Waals surface area (Å²) in [6.07, 6.45) is 2.97. The smallest absolute Gasteiger partial charge is 0.0643 e. The topological polar surface area (TPSA) is 29.9 Å². The molecule has 1 atom stereocenters. The third kappa shape index (κ3) is 3.57. The Morgan fingerprint density at radius 1 is 1.26 bits per heavy atom. The molecule has 0 aliphatic carbocycles. The number of hydrogen-bond donors (Lipinski definition) is 1.